The molecular formula is C14H17N2+. The summed E-state index contributed by atoms with van der Waals surface area (Å²) in [5.41, 5.74) is 2.53. The van der Waals surface area contributed by atoms with Crippen molar-refractivity contribution in [2.45, 2.75) is 32.2 Å². The molecule has 1 aromatic carbocycles. The number of aromatic amines is 1. The van der Waals surface area contributed by atoms with Crippen molar-refractivity contribution in [3.05, 3.63) is 42.4 Å². The maximum Gasteiger partial charge on any atom is 0.254 e. The van der Waals surface area contributed by atoms with Crippen LogP contribution in [0.5, 0.6) is 0 Å². The van der Waals surface area contributed by atoms with Crippen molar-refractivity contribution in [2.75, 3.05) is 0 Å². The monoisotopic (exact) mass is 213 g/mol. The SMILES string of the molecule is c1ccc(-c2c[n+]3c([nH]2)CCCCC3)cc1. The quantitative estimate of drug-likeness (QED) is 0.703. The zero-order valence-corrected chi connectivity index (χ0v) is 9.45. The van der Waals surface area contributed by atoms with Gasteiger partial charge in [0.05, 0.1) is 6.54 Å². The highest BCUT2D eigenvalue weighted by molar-refractivity contribution is 5.57. The average molecular weight is 213 g/mol. The molecule has 0 saturated heterocycles. The van der Waals surface area contributed by atoms with Gasteiger partial charge in [-0.1, -0.05) is 30.3 Å². The largest absolute Gasteiger partial charge is 0.254 e. The van der Waals surface area contributed by atoms with Gasteiger partial charge in [0.15, 0.2) is 5.69 Å². The first-order valence-electron chi connectivity index (χ1n) is 6.10. The number of hydrogen-bond acceptors (Lipinski definition) is 0. The summed E-state index contributed by atoms with van der Waals surface area (Å²) >= 11 is 0. The van der Waals surface area contributed by atoms with Crippen molar-refractivity contribution in [2.24, 2.45) is 0 Å². The van der Waals surface area contributed by atoms with E-state index in [9.17, 15) is 0 Å². The number of aromatic nitrogens is 2. The Labute approximate surface area is 95.9 Å². The second-order valence-corrected chi connectivity index (χ2v) is 4.48. The fraction of sp³-hybridized carbons (Fsp3) is 0.357. The van der Waals surface area contributed by atoms with Gasteiger partial charge < -0.3 is 0 Å². The Morgan fingerprint density at radius 3 is 2.75 bits per heavy atom. The van der Waals surface area contributed by atoms with Crippen LogP contribution in [-0.2, 0) is 13.0 Å². The van der Waals surface area contributed by atoms with Crippen molar-refractivity contribution in [1.82, 2.24) is 4.98 Å². The van der Waals surface area contributed by atoms with Crippen molar-refractivity contribution in [3.8, 4) is 11.3 Å². The van der Waals surface area contributed by atoms with Gasteiger partial charge in [-0.25, -0.2) is 9.55 Å². The molecule has 0 fully saturated rings. The number of nitrogens with one attached hydrogen (secondary N) is 1. The molecule has 0 radical (unpaired) electrons. The maximum atomic E-state index is 3.55. The van der Waals surface area contributed by atoms with E-state index in [0.29, 0.717) is 0 Å². The molecule has 1 aromatic heterocycles. The van der Waals surface area contributed by atoms with E-state index >= 15 is 0 Å². The Balaban J connectivity index is 1.98. The zero-order chi connectivity index (χ0) is 10.8. The van der Waals surface area contributed by atoms with Gasteiger partial charge in [0.2, 0.25) is 0 Å². The number of nitrogens with zero attached hydrogens (tertiary/aromatic N) is 1. The topological polar surface area (TPSA) is 19.7 Å². The molecule has 2 heteroatoms. The molecule has 0 saturated carbocycles. The summed E-state index contributed by atoms with van der Waals surface area (Å²) in [6.45, 7) is 1.17. The van der Waals surface area contributed by atoms with Crippen LogP contribution in [0.4, 0.5) is 0 Å². The number of rotatable bonds is 1. The van der Waals surface area contributed by atoms with Crippen LogP contribution < -0.4 is 4.57 Å². The van der Waals surface area contributed by atoms with Crippen LogP contribution in [0.15, 0.2) is 36.5 Å². The summed E-state index contributed by atoms with van der Waals surface area (Å²) in [6.07, 6.45) is 7.43. The summed E-state index contributed by atoms with van der Waals surface area (Å²) in [7, 11) is 0. The first kappa shape index (κ1) is 9.64. The normalized spacial score (nSPS) is 15.5. The van der Waals surface area contributed by atoms with Crippen molar-refractivity contribution in [3.63, 3.8) is 0 Å². The molecule has 0 amide bonds. The van der Waals surface area contributed by atoms with Crippen LogP contribution in [0, 0.1) is 0 Å². The first-order valence-corrected chi connectivity index (χ1v) is 6.10. The van der Waals surface area contributed by atoms with Gasteiger partial charge in [-0.3, -0.25) is 0 Å². The number of imidazole rings is 1. The van der Waals surface area contributed by atoms with Gasteiger partial charge in [-0.2, -0.15) is 0 Å². The third kappa shape index (κ3) is 1.75. The minimum Gasteiger partial charge on any atom is -0.241 e. The maximum absolute atomic E-state index is 3.55. The van der Waals surface area contributed by atoms with Gasteiger partial charge in [0.1, 0.15) is 6.20 Å². The Morgan fingerprint density at radius 1 is 1.00 bits per heavy atom. The van der Waals surface area contributed by atoms with E-state index in [0.717, 1.165) is 0 Å². The molecule has 82 valence electrons. The lowest BCUT2D eigenvalue weighted by molar-refractivity contribution is -0.701. The smallest absolute Gasteiger partial charge is 0.241 e. The third-order valence-corrected chi connectivity index (χ3v) is 3.31. The first-order chi connectivity index (χ1) is 7.93. The van der Waals surface area contributed by atoms with Crippen LogP contribution in [-0.4, -0.2) is 4.98 Å². The molecule has 2 heterocycles. The predicted molar refractivity (Wildman–Crippen MR) is 64.0 cm³/mol. The van der Waals surface area contributed by atoms with Crippen LogP contribution in [0.3, 0.4) is 0 Å². The van der Waals surface area contributed by atoms with E-state index in [1.807, 2.05) is 0 Å². The van der Waals surface area contributed by atoms with E-state index < -0.39 is 0 Å². The molecule has 16 heavy (non-hydrogen) atoms. The summed E-state index contributed by atoms with van der Waals surface area (Å²) < 4.78 is 2.38. The molecule has 1 aliphatic heterocycles. The fourth-order valence-electron chi connectivity index (χ4n) is 2.41. The van der Waals surface area contributed by atoms with E-state index in [1.54, 1.807) is 0 Å². The number of fused-ring (bicyclic) bond motifs is 1. The van der Waals surface area contributed by atoms with Crippen molar-refractivity contribution >= 4 is 0 Å². The van der Waals surface area contributed by atoms with Gasteiger partial charge in [0, 0.05) is 12.0 Å². The fourth-order valence-corrected chi connectivity index (χ4v) is 2.41. The van der Waals surface area contributed by atoms with Crippen molar-refractivity contribution in [1.29, 1.82) is 0 Å². The second-order valence-electron chi connectivity index (χ2n) is 4.48. The lowest BCUT2D eigenvalue weighted by atomic mass is 10.2. The highest BCUT2D eigenvalue weighted by Gasteiger charge is 2.18. The number of hydrogen-bond donors (Lipinski definition) is 1. The summed E-state index contributed by atoms with van der Waals surface area (Å²) in [4.78, 5) is 3.55. The van der Waals surface area contributed by atoms with Crippen LogP contribution >= 0.6 is 0 Å². The van der Waals surface area contributed by atoms with Crippen LogP contribution in [0.1, 0.15) is 25.1 Å². The Bertz CT molecular complexity index is 447. The van der Waals surface area contributed by atoms with E-state index in [1.165, 1.54) is 49.3 Å². The third-order valence-electron chi connectivity index (χ3n) is 3.31. The number of aryl methyl sites for hydroxylation is 2. The van der Waals surface area contributed by atoms with E-state index in [4.69, 9.17) is 0 Å². The molecule has 0 aliphatic carbocycles. The Kier molecular flexibility index (Phi) is 2.49. The van der Waals surface area contributed by atoms with E-state index in [2.05, 4.69) is 46.1 Å². The van der Waals surface area contributed by atoms with Gasteiger partial charge in [0.25, 0.3) is 5.82 Å². The molecular weight excluding hydrogens is 196 g/mol. The molecule has 0 unspecified atom stereocenters. The van der Waals surface area contributed by atoms with Gasteiger partial charge >= 0.3 is 0 Å². The zero-order valence-electron chi connectivity index (χ0n) is 9.45. The minimum atomic E-state index is 1.17. The highest BCUT2D eigenvalue weighted by Crippen LogP contribution is 2.17. The minimum absolute atomic E-state index is 1.17. The average Bonchev–Trinajstić information content (AvgIpc) is 2.62. The molecule has 0 spiro atoms. The number of benzene rings is 1. The standard InChI is InChI=1S/C14H16N2/c1-3-7-12(8-4-1)13-11-16-10-6-2-5-9-14(16)15-13/h1,3-4,7-8,11H,2,5-6,9-10H2/p+1. The molecule has 1 aliphatic rings. The summed E-state index contributed by atoms with van der Waals surface area (Å²) in [6, 6.07) is 10.6. The molecule has 1 N–H and O–H groups in total. The summed E-state index contributed by atoms with van der Waals surface area (Å²) in [5.74, 6) is 1.39. The molecule has 0 atom stereocenters. The van der Waals surface area contributed by atoms with Gasteiger partial charge in [-0.15, -0.1) is 0 Å². The molecule has 0 bridgehead atoms. The van der Waals surface area contributed by atoms with Gasteiger partial charge in [-0.05, 0) is 19.3 Å². The summed E-state index contributed by atoms with van der Waals surface area (Å²) in [5, 5.41) is 0. The molecule has 3 rings (SSSR count). The lowest BCUT2D eigenvalue weighted by Crippen LogP contribution is -2.34. The Morgan fingerprint density at radius 2 is 1.88 bits per heavy atom. The van der Waals surface area contributed by atoms with E-state index in [-0.39, 0.29) is 0 Å². The Hall–Kier alpha value is -1.57. The molecule has 2 nitrogen and oxygen atoms in total. The van der Waals surface area contributed by atoms with Crippen LogP contribution in [0.2, 0.25) is 0 Å². The molecule has 2 aromatic rings. The predicted octanol–water partition coefficient (Wildman–Crippen LogP) is 2.70. The number of H-pyrrole nitrogens is 1. The second kappa shape index (κ2) is 4.12. The lowest BCUT2D eigenvalue weighted by Gasteiger charge is -1.92. The highest BCUT2D eigenvalue weighted by atomic mass is 15.1. The van der Waals surface area contributed by atoms with Crippen LogP contribution in [0.25, 0.3) is 11.3 Å². The van der Waals surface area contributed by atoms with Crippen molar-refractivity contribution < 1.29 is 4.57 Å².